The van der Waals surface area contributed by atoms with Gasteiger partial charge in [-0.05, 0) is 36.6 Å². The van der Waals surface area contributed by atoms with Gasteiger partial charge in [-0.15, -0.1) is 0 Å². The smallest absolute Gasteiger partial charge is 0.337 e. The average Bonchev–Trinajstić information content (AvgIpc) is 2.44. The summed E-state index contributed by atoms with van der Waals surface area (Å²) >= 11 is 0. The Kier molecular flexibility index (Phi) is 4.60. The molecule has 0 radical (unpaired) electrons. The highest BCUT2D eigenvalue weighted by molar-refractivity contribution is 5.94. The summed E-state index contributed by atoms with van der Waals surface area (Å²) in [5, 5.41) is 12.1. The molecule has 104 valence electrons. The summed E-state index contributed by atoms with van der Waals surface area (Å²) in [6.45, 7) is 0.820. The van der Waals surface area contributed by atoms with E-state index >= 15 is 0 Å². The highest BCUT2D eigenvalue weighted by Gasteiger charge is 2.07. The predicted molar refractivity (Wildman–Crippen MR) is 81.1 cm³/mol. The van der Waals surface area contributed by atoms with Crippen LogP contribution in [0.5, 0.6) is 0 Å². The first kappa shape index (κ1) is 13.9. The monoisotopic (exact) mass is 270 g/mol. The zero-order chi connectivity index (χ0) is 14.4. The van der Waals surface area contributed by atoms with E-state index in [-0.39, 0.29) is 11.3 Å². The molecule has 2 rings (SSSR count). The molecule has 2 aromatic carbocycles. The first-order valence-electron chi connectivity index (χ1n) is 6.57. The van der Waals surface area contributed by atoms with Crippen LogP contribution >= 0.6 is 0 Å². The predicted octanol–water partition coefficient (Wildman–Crippen LogP) is 3.01. The fourth-order valence-electron chi connectivity index (χ4n) is 2.04. The van der Waals surface area contributed by atoms with Gasteiger partial charge in [0, 0.05) is 17.9 Å². The van der Waals surface area contributed by atoms with Crippen LogP contribution in [-0.4, -0.2) is 17.6 Å². The third-order valence-corrected chi connectivity index (χ3v) is 3.10. The Balaban J connectivity index is 1.83. The molecule has 0 aliphatic carbocycles. The van der Waals surface area contributed by atoms with Crippen LogP contribution in [0.4, 0.5) is 11.4 Å². The molecule has 0 heterocycles. The number of aromatic carboxylic acids is 1. The summed E-state index contributed by atoms with van der Waals surface area (Å²) in [6, 6.07) is 15.2. The molecule has 0 saturated heterocycles. The molecule has 0 saturated carbocycles. The maximum Gasteiger partial charge on any atom is 0.337 e. The number of anilines is 2. The van der Waals surface area contributed by atoms with E-state index < -0.39 is 5.97 Å². The van der Waals surface area contributed by atoms with Gasteiger partial charge in [-0.1, -0.05) is 30.3 Å². The van der Waals surface area contributed by atoms with Gasteiger partial charge in [-0.3, -0.25) is 0 Å². The van der Waals surface area contributed by atoms with E-state index in [1.807, 2.05) is 18.2 Å². The SMILES string of the molecule is Nc1cc(NCCCc2ccccc2)ccc1C(=O)O. The Morgan fingerprint density at radius 1 is 1.15 bits per heavy atom. The highest BCUT2D eigenvalue weighted by atomic mass is 16.4. The number of rotatable bonds is 6. The van der Waals surface area contributed by atoms with E-state index in [2.05, 4.69) is 17.4 Å². The minimum Gasteiger partial charge on any atom is -0.478 e. The van der Waals surface area contributed by atoms with E-state index in [1.165, 1.54) is 11.6 Å². The number of carbonyl (C=O) groups is 1. The summed E-state index contributed by atoms with van der Waals surface area (Å²) in [5.74, 6) is -1.00. The van der Waals surface area contributed by atoms with Gasteiger partial charge in [0.2, 0.25) is 0 Å². The van der Waals surface area contributed by atoms with Crippen molar-refractivity contribution in [2.75, 3.05) is 17.6 Å². The number of nitrogens with two attached hydrogens (primary N) is 1. The van der Waals surface area contributed by atoms with Crippen LogP contribution in [0.15, 0.2) is 48.5 Å². The fraction of sp³-hybridized carbons (Fsp3) is 0.188. The van der Waals surface area contributed by atoms with Crippen LogP contribution in [0.2, 0.25) is 0 Å². The van der Waals surface area contributed by atoms with Crippen LogP contribution in [0.3, 0.4) is 0 Å². The first-order valence-corrected chi connectivity index (χ1v) is 6.57. The second-order valence-electron chi connectivity index (χ2n) is 4.62. The number of carboxylic acid groups (broad SMARTS) is 1. The lowest BCUT2D eigenvalue weighted by molar-refractivity contribution is 0.0698. The topological polar surface area (TPSA) is 75.3 Å². The normalized spacial score (nSPS) is 10.2. The van der Waals surface area contributed by atoms with Crippen molar-refractivity contribution in [2.24, 2.45) is 0 Å². The molecule has 0 aromatic heterocycles. The standard InChI is InChI=1S/C16H18N2O2/c17-15-11-13(8-9-14(15)16(19)20)18-10-4-7-12-5-2-1-3-6-12/h1-3,5-6,8-9,11,18H,4,7,10,17H2,(H,19,20). The number of carboxylic acids is 1. The van der Waals surface area contributed by atoms with Gasteiger partial charge in [-0.2, -0.15) is 0 Å². The Morgan fingerprint density at radius 3 is 2.55 bits per heavy atom. The van der Waals surface area contributed by atoms with Gasteiger partial charge in [0.15, 0.2) is 0 Å². The number of aryl methyl sites for hydroxylation is 1. The van der Waals surface area contributed by atoms with Crippen molar-refractivity contribution < 1.29 is 9.90 Å². The quantitative estimate of drug-likeness (QED) is 0.557. The molecular weight excluding hydrogens is 252 g/mol. The molecule has 0 spiro atoms. The van der Waals surface area contributed by atoms with Crippen LogP contribution < -0.4 is 11.1 Å². The van der Waals surface area contributed by atoms with Gasteiger partial charge in [0.1, 0.15) is 0 Å². The second-order valence-corrected chi connectivity index (χ2v) is 4.62. The Bertz CT molecular complexity index is 582. The zero-order valence-electron chi connectivity index (χ0n) is 11.2. The maximum absolute atomic E-state index is 10.8. The van der Waals surface area contributed by atoms with Crippen molar-refractivity contribution in [2.45, 2.75) is 12.8 Å². The fourth-order valence-corrected chi connectivity index (χ4v) is 2.04. The number of hydrogen-bond acceptors (Lipinski definition) is 3. The van der Waals surface area contributed by atoms with Crippen LogP contribution in [-0.2, 0) is 6.42 Å². The van der Waals surface area contributed by atoms with Gasteiger partial charge in [0.05, 0.1) is 5.56 Å². The molecular formula is C16H18N2O2. The van der Waals surface area contributed by atoms with Crippen LogP contribution in [0, 0.1) is 0 Å². The van der Waals surface area contributed by atoms with Crippen LogP contribution in [0.25, 0.3) is 0 Å². The molecule has 0 aliphatic heterocycles. The molecule has 0 fully saturated rings. The lowest BCUT2D eigenvalue weighted by Gasteiger charge is -2.08. The number of nitrogen functional groups attached to an aromatic ring is 1. The van der Waals surface area contributed by atoms with Gasteiger partial charge in [-0.25, -0.2) is 4.79 Å². The van der Waals surface area contributed by atoms with Crippen molar-refractivity contribution in [3.8, 4) is 0 Å². The third kappa shape index (κ3) is 3.75. The van der Waals surface area contributed by atoms with E-state index in [4.69, 9.17) is 10.8 Å². The number of benzene rings is 2. The lowest BCUT2D eigenvalue weighted by atomic mass is 10.1. The lowest BCUT2D eigenvalue weighted by Crippen LogP contribution is -2.06. The summed E-state index contributed by atoms with van der Waals surface area (Å²) in [4.78, 5) is 10.8. The minimum atomic E-state index is -1.00. The highest BCUT2D eigenvalue weighted by Crippen LogP contribution is 2.18. The molecule has 2 aromatic rings. The molecule has 0 bridgehead atoms. The Morgan fingerprint density at radius 2 is 1.90 bits per heavy atom. The molecule has 0 aliphatic rings. The second kappa shape index (κ2) is 6.61. The molecule has 4 nitrogen and oxygen atoms in total. The summed E-state index contributed by atoms with van der Waals surface area (Å²) in [6.07, 6.45) is 2.02. The number of nitrogens with one attached hydrogen (secondary N) is 1. The van der Waals surface area contributed by atoms with E-state index in [0.29, 0.717) is 0 Å². The third-order valence-electron chi connectivity index (χ3n) is 3.10. The first-order chi connectivity index (χ1) is 9.66. The maximum atomic E-state index is 10.8. The van der Waals surface area contributed by atoms with Crippen molar-refractivity contribution in [3.05, 3.63) is 59.7 Å². The van der Waals surface area contributed by atoms with Crippen molar-refractivity contribution in [1.82, 2.24) is 0 Å². The Labute approximate surface area is 118 Å². The largest absolute Gasteiger partial charge is 0.478 e. The summed E-state index contributed by atoms with van der Waals surface area (Å²) in [5.41, 5.74) is 8.28. The van der Waals surface area contributed by atoms with Crippen molar-refractivity contribution in [1.29, 1.82) is 0 Å². The van der Waals surface area contributed by atoms with E-state index in [0.717, 1.165) is 25.1 Å². The van der Waals surface area contributed by atoms with Gasteiger partial charge >= 0.3 is 5.97 Å². The van der Waals surface area contributed by atoms with Gasteiger partial charge in [0.25, 0.3) is 0 Å². The molecule has 0 amide bonds. The summed E-state index contributed by atoms with van der Waals surface area (Å²) < 4.78 is 0. The minimum absolute atomic E-state index is 0.139. The molecule has 4 heteroatoms. The van der Waals surface area contributed by atoms with Crippen LogP contribution in [0.1, 0.15) is 22.3 Å². The zero-order valence-corrected chi connectivity index (χ0v) is 11.2. The molecule has 4 N–H and O–H groups in total. The molecule has 0 atom stereocenters. The number of hydrogen-bond donors (Lipinski definition) is 3. The average molecular weight is 270 g/mol. The Hall–Kier alpha value is -2.49. The molecule has 20 heavy (non-hydrogen) atoms. The molecule has 0 unspecified atom stereocenters. The van der Waals surface area contributed by atoms with Gasteiger partial charge < -0.3 is 16.2 Å². The van der Waals surface area contributed by atoms with E-state index in [1.54, 1.807) is 12.1 Å². The van der Waals surface area contributed by atoms with Crippen molar-refractivity contribution in [3.63, 3.8) is 0 Å². The van der Waals surface area contributed by atoms with E-state index in [9.17, 15) is 4.79 Å². The summed E-state index contributed by atoms with van der Waals surface area (Å²) in [7, 11) is 0. The van der Waals surface area contributed by atoms with Crippen molar-refractivity contribution >= 4 is 17.3 Å².